The third kappa shape index (κ3) is 3.62. The van der Waals surface area contributed by atoms with Gasteiger partial charge in [-0.1, -0.05) is 12.1 Å². The maximum atomic E-state index is 12.9. The standard InChI is InChI=1S/C18H22N2O2S/c1-12(21)9-16-7-4-8-20(16)18(22)15-6-3-5-14(10-15)17-11-23-13(2)19-17/h3,5-6,10-12,16,21H,4,7-9H2,1-2H3. The monoisotopic (exact) mass is 330 g/mol. The molecule has 4 nitrogen and oxygen atoms in total. The topological polar surface area (TPSA) is 53.4 Å². The highest BCUT2D eigenvalue weighted by Gasteiger charge is 2.30. The second-order valence-corrected chi connectivity index (χ2v) is 7.27. The average Bonchev–Trinajstić information content (AvgIpc) is 3.15. The predicted octanol–water partition coefficient (Wildman–Crippen LogP) is 3.49. The fourth-order valence-electron chi connectivity index (χ4n) is 3.22. The minimum absolute atomic E-state index is 0.0574. The first kappa shape index (κ1) is 16.1. The molecule has 0 radical (unpaired) electrons. The lowest BCUT2D eigenvalue weighted by Crippen LogP contribution is -2.37. The van der Waals surface area contributed by atoms with Gasteiger partial charge in [0.05, 0.1) is 16.8 Å². The number of hydrogen-bond donors (Lipinski definition) is 1. The third-order valence-corrected chi connectivity index (χ3v) is 5.05. The summed E-state index contributed by atoms with van der Waals surface area (Å²) in [6, 6.07) is 7.84. The Labute approximate surface area is 140 Å². The summed E-state index contributed by atoms with van der Waals surface area (Å²) >= 11 is 1.61. The molecule has 1 aliphatic heterocycles. The second kappa shape index (κ2) is 6.81. The molecule has 1 aliphatic rings. The van der Waals surface area contributed by atoms with Crippen LogP contribution in [-0.4, -0.2) is 39.6 Å². The van der Waals surface area contributed by atoms with E-state index in [1.54, 1.807) is 18.3 Å². The van der Waals surface area contributed by atoms with E-state index in [-0.39, 0.29) is 18.1 Å². The summed E-state index contributed by atoms with van der Waals surface area (Å²) in [4.78, 5) is 19.3. The molecule has 1 aromatic heterocycles. The van der Waals surface area contributed by atoms with Gasteiger partial charge in [-0.3, -0.25) is 4.79 Å². The summed E-state index contributed by atoms with van der Waals surface area (Å²) in [6.07, 6.45) is 2.25. The number of aromatic nitrogens is 1. The lowest BCUT2D eigenvalue weighted by atomic mass is 10.1. The first-order valence-electron chi connectivity index (χ1n) is 8.06. The van der Waals surface area contributed by atoms with Crippen molar-refractivity contribution in [3.8, 4) is 11.3 Å². The second-order valence-electron chi connectivity index (χ2n) is 6.21. The van der Waals surface area contributed by atoms with Crippen LogP contribution in [0.25, 0.3) is 11.3 Å². The van der Waals surface area contributed by atoms with Gasteiger partial charge in [0.15, 0.2) is 0 Å². The summed E-state index contributed by atoms with van der Waals surface area (Å²) in [5.74, 6) is 0.0574. The molecule has 5 heteroatoms. The Morgan fingerprint density at radius 1 is 1.52 bits per heavy atom. The zero-order valence-electron chi connectivity index (χ0n) is 13.5. The number of amides is 1. The molecule has 2 unspecified atom stereocenters. The van der Waals surface area contributed by atoms with Gasteiger partial charge in [0.2, 0.25) is 0 Å². The minimum atomic E-state index is -0.377. The van der Waals surface area contributed by atoms with E-state index in [2.05, 4.69) is 4.98 Å². The number of thiazole rings is 1. The molecule has 0 aliphatic carbocycles. The van der Waals surface area contributed by atoms with Crippen molar-refractivity contribution in [3.63, 3.8) is 0 Å². The van der Waals surface area contributed by atoms with Crippen LogP contribution in [0.15, 0.2) is 29.6 Å². The Bertz CT molecular complexity index is 696. The van der Waals surface area contributed by atoms with Crippen LogP contribution in [0.4, 0.5) is 0 Å². The number of aryl methyl sites for hydroxylation is 1. The normalized spacial score (nSPS) is 19.1. The Hall–Kier alpha value is -1.72. The number of rotatable bonds is 4. The highest BCUT2D eigenvalue weighted by Crippen LogP contribution is 2.26. The van der Waals surface area contributed by atoms with Crippen LogP contribution in [-0.2, 0) is 0 Å². The van der Waals surface area contributed by atoms with Crippen LogP contribution in [0.2, 0.25) is 0 Å². The maximum Gasteiger partial charge on any atom is 0.254 e. The van der Waals surface area contributed by atoms with E-state index in [1.165, 1.54) is 0 Å². The molecule has 1 amide bonds. The van der Waals surface area contributed by atoms with Gasteiger partial charge >= 0.3 is 0 Å². The summed E-state index contributed by atoms with van der Waals surface area (Å²) < 4.78 is 0. The van der Waals surface area contributed by atoms with Gasteiger partial charge in [0.1, 0.15) is 0 Å². The fourth-order valence-corrected chi connectivity index (χ4v) is 3.84. The summed E-state index contributed by atoms with van der Waals surface area (Å²) in [5.41, 5.74) is 2.60. The van der Waals surface area contributed by atoms with E-state index in [1.807, 2.05) is 41.5 Å². The molecule has 122 valence electrons. The zero-order chi connectivity index (χ0) is 16.4. The smallest absolute Gasteiger partial charge is 0.254 e. The number of carbonyl (C=O) groups excluding carboxylic acids is 1. The molecule has 0 bridgehead atoms. The molecule has 3 rings (SSSR count). The summed E-state index contributed by atoms with van der Waals surface area (Å²) in [7, 11) is 0. The van der Waals surface area contributed by atoms with Crippen LogP contribution < -0.4 is 0 Å². The number of nitrogens with zero attached hydrogens (tertiary/aromatic N) is 2. The number of aliphatic hydroxyl groups is 1. The average molecular weight is 330 g/mol. The van der Waals surface area contributed by atoms with Crippen LogP contribution in [0.3, 0.4) is 0 Å². The number of likely N-dealkylation sites (tertiary alicyclic amines) is 1. The van der Waals surface area contributed by atoms with Crippen molar-refractivity contribution in [2.24, 2.45) is 0 Å². The molecule has 1 saturated heterocycles. The zero-order valence-corrected chi connectivity index (χ0v) is 14.3. The van der Waals surface area contributed by atoms with Gasteiger partial charge in [0, 0.05) is 29.1 Å². The van der Waals surface area contributed by atoms with E-state index < -0.39 is 0 Å². The SMILES string of the molecule is Cc1nc(-c2cccc(C(=O)N3CCCC3CC(C)O)c2)cs1. The highest BCUT2D eigenvalue weighted by molar-refractivity contribution is 7.09. The van der Waals surface area contributed by atoms with Gasteiger partial charge in [-0.25, -0.2) is 4.98 Å². The molecular weight excluding hydrogens is 308 g/mol. The molecule has 23 heavy (non-hydrogen) atoms. The number of benzene rings is 1. The van der Waals surface area contributed by atoms with Gasteiger partial charge in [-0.2, -0.15) is 0 Å². The fraction of sp³-hybridized carbons (Fsp3) is 0.444. The molecular formula is C18H22N2O2S. The van der Waals surface area contributed by atoms with Gasteiger partial charge in [-0.05, 0) is 45.2 Å². The molecule has 2 aromatic rings. The van der Waals surface area contributed by atoms with Gasteiger partial charge in [0.25, 0.3) is 5.91 Å². The van der Waals surface area contributed by atoms with Crippen LogP contribution in [0.1, 0.15) is 41.6 Å². The first-order chi connectivity index (χ1) is 11.0. The van der Waals surface area contributed by atoms with Gasteiger partial charge < -0.3 is 10.0 Å². The molecule has 0 spiro atoms. The third-order valence-electron chi connectivity index (χ3n) is 4.28. The molecule has 2 atom stereocenters. The lowest BCUT2D eigenvalue weighted by molar-refractivity contribution is 0.0682. The summed E-state index contributed by atoms with van der Waals surface area (Å²) in [6.45, 7) is 4.54. The molecule has 1 fully saturated rings. The summed E-state index contributed by atoms with van der Waals surface area (Å²) in [5, 5.41) is 12.7. The van der Waals surface area contributed by atoms with E-state index in [4.69, 9.17) is 0 Å². The number of aliphatic hydroxyl groups excluding tert-OH is 1. The Kier molecular flexibility index (Phi) is 4.78. The van der Waals surface area contributed by atoms with Crippen molar-refractivity contribution < 1.29 is 9.90 Å². The number of carbonyl (C=O) groups is 1. The van der Waals surface area contributed by atoms with E-state index in [0.29, 0.717) is 12.0 Å². The Morgan fingerprint density at radius 3 is 3.04 bits per heavy atom. The quantitative estimate of drug-likeness (QED) is 0.933. The first-order valence-corrected chi connectivity index (χ1v) is 8.94. The van der Waals surface area contributed by atoms with Crippen molar-refractivity contribution in [1.29, 1.82) is 0 Å². The van der Waals surface area contributed by atoms with Crippen molar-refractivity contribution in [2.75, 3.05) is 6.54 Å². The van der Waals surface area contributed by atoms with Gasteiger partial charge in [-0.15, -0.1) is 11.3 Å². The minimum Gasteiger partial charge on any atom is -0.393 e. The van der Waals surface area contributed by atoms with Crippen LogP contribution in [0.5, 0.6) is 0 Å². The van der Waals surface area contributed by atoms with E-state index in [9.17, 15) is 9.90 Å². The Morgan fingerprint density at radius 2 is 2.35 bits per heavy atom. The lowest BCUT2D eigenvalue weighted by Gasteiger charge is -2.26. The van der Waals surface area contributed by atoms with Crippen molar-refractivity contribution >= 4 is 17.2 Å². The van der Waals surface area contributed by atoms with Crippen molar-refractivity contribution in [1.82, 2.24) is 9.88 Å². The Balaban J connectivity index is 1.82. The van der Waals surface area contributed by atoms with Crippen LogP contribution >= 0.6 is 11.3 Å². The molecule has 1 N–H and O–H groups in total. The molecule has 0 saturated carbocycles. The highest BCUT2D eigenvalue weighted by atomic mass is 32.1. The number of hydrogen-bond acceptors (Lipinski definition) is 4. The van der Waals surface area contributed by atoms with E-state index >= 15 is 0 Å². The predicted molar refractivity (Wildman–Crippen MR) is 92.6 cm³/mol. The van der Waals surface area contributed by atoms with E-state index in [0.717, 1.165) is 35.7 Å². The molecule has 2 heterocycles. The van der Waals surface area contributed by atoms with Crippen molar-refractivity contribution in [3.05, 3.63) is 40.2 Å². The largest absolute Gasteiger partial charge is 0.393 e. The molecule has 1 aromatic carbocycles. The maximum absolute atomic E-state index is 12.9. The van der Waals surface area contributed by atoms with Crippen molar-refractivity contribution in [2.45, 2.75) is 45.3 Å². The van der Waals surface area contributed by atoms with Crippen LogP contribution in [0, 0.1) is 6.92 Å².